The van der Waals surface area contributed by atoms with Gasteiger partial charge in [-0.15, -0.1) is 11.3 Å². The Kier molecular flexibility index (Phi) is 7.56. The lowest BCUT2D eigenvalue weighted by Crippen LogP contribution is -2.19. The van der Waals surface area contributed by atoms with E-state index in [0.29, 0.717) is 0 Å². The van der Waals surface area contributed by atoms with Crippen LogP contribution in [0.3, 0.4) is 0 Å². The Morgan fingerprint density at radius 2 is 1.06 bits per heavy atom. The van der Waals surface area contributed by atoms with Crippen molar-refractivity contribution in [2.24, 2.45) is 0 Å². The Hall–Kier alpha value is -5.96. The summed E-state index contributed by atoms with van der Waals surface area (Å²) in [7, 11) is 0. The highest BCUT2D eigenvalue weighted by atomic mass is 32.1. The van der Waals surface area contributed by atoms with Crippen molar-refractivity contribution in [1.82, 2.24) is 0 Å². The van der Waals surface area contributed by atoms with E-state index in [-0.39, 0.29) is 5.41 Å². The van der Waals surface area contributed by atoms with E-state index in [1.165, 1.54) is 92.9 Å². The molecular weight excluding hydrogens is 659 g/mol. The van der Waals surface area contributed by atoms with Crippen LogP contribution in [0, 0.1) is 0 Å². The molecule has 10 rings (SSSR count). The van der Waals surface area contributed by atoms with E-state index in [2.05, 4.69) is 195 Å². The third kappa shape index (κ3) is 5.45. The van der Waals surface area contributed by atoms with Crippen LogP contribution >= 0.6 is 11.3 Å². The van der Waals surface area contributed by atoms with Gasteiger partial charge in [0.15, 0.2) is 0 Å². The molecule has 0 saturated heterocycles. The first-order valence-corrected chi connectivity index (χ1v) is 19.5. The second-order valence-corrected chi connectivity index (χ2v) is 16.0. The molecule has 7 aromatic carbocycles. The minimum Gasteiger partial charge on any atom is -0.314 e. The monoisotopic (exact) mass is 697 g/mol. The van der Waals surface area contributed by atoms with E-state index < -0.39 is 0 Å². The maximum Gasteiger partial charge on any atom is 0.0461 e. The predicted molar refractivity (Wildman–Crippen MR) is 228 cm³/mol. The number of nitrogens with zero attached hydrogens (tertiary/aromatic N) is 1. The van der Waals surface area contributed by atoms with E-state index in [1.54, 1.807) is 0 Å². The van der Waals surface area contributed by atoms with Crippen LogP contribution in [0.2, 0.25) is 0 Å². The number of anilines is 2. The fourth-order valence-electron chi connectivity index (χ4n) is 8.50. The highest BCUT2D eigenvalue weighted by Gasteiger charge is 2.36. The molecule has 0 spiro atoms. The van der Waals surface area contributed by atoms with Gasteiger partial charge in [-0.1, -0.05) is 135 Å². The van der Waals surface area contributed by atoms with Crippen molar-refractivity contribution >= 4 is 42.9 Å². The van der Waals surface area contributed by atoms with Crippen molar-refractivity contribution in [2.45, 2.75) is 32.1 Å². The standard InChI is InChI=1S/C51H39NS/c1-51(2)47-32-39(36-19-17-35(18-20-36)34-11-5-3-6-12-34)23-28-43(47)44-29-27-42(33-48(44)51)52(40-13-7-4-8-14-40)41-25-21-37(22-26-41)38-24-30-50-46(31-38)45-15-9-10-16-49(45)53-50/h3-7,9-13,15-33H,8,14H2,1-2H3. The van der Waals surface area contributed by atoms with Crippen LogP contribution in [-0.4, -0.2) is 0 Å². The summed E-state index contributed by atoms with van der Waals surface area (Å²) >= 11 is 1.87. The van der Waals surface area contributed by atoms with Crippen molar-refractivity contribution in [3.05, 3.63) is 193 Å². The summed E-state index contributed by atoms with van der Waals surface area (Å²) in [5, 5.41) is 2.67. The van der Waals surface area contributed by atoms with Crippen molar-refractivity contribution in [3.8, 4) is 44.5 Å². The summed E-state index contributed by atoms with van der Waals surface area (Å²) in [6.07, 6.45) is 8.82. The second kappa shape index (κ2) is 12.6. The van der Waals surface area contributed by atoms with E-state index in [9.17, 15) is 0 Å². The first kappa shape index (κ1) is 31.7. The number of fused-ring (bicyclic) bond motifs is 6. The molecule has 0 atom stereocenters. The quantitative estimate of drug-likeness (QED) is 0.167. The smallest absolute Gasteiger partial charge is 0.0461 e. The fourth-order valence-corrected chi connectivity index (χ4v) is 9.58. The van der Waals surface area contributed by atoms with Crippen LogP contribution in [0.25, 0.3) is 64.7 Å². The molecule has 53 heavy (non-hydrogen) atoms. The zero-order chi connectivity index (χ0) is 35.5. The summed E-state index contributed by atoms with van der Waals surface area (Å²) in [6.45, 7) is 4.78. The van der Waals surface area contributed by atoms with Crippen molar-refractivity contribution in [1.29, 1.82) is 0 Å². The molecule has 2 aliphatic carbocycles. The maximum atomic E-state index is 2.47. The fraction of sp³-hybridized carbons (Fsp3) is 0.0980. The van der Waals surface area contributed by atoms with Crippen molar-refractivity contribution in [2.75, 3.05) is 4.90 Å². The van der Waals surface area contributed by atoms with Gasteiger partial charge in [0, 0.05) is 42.7 Å². The molecular formula is C51H39NS. The third-order valence-electron chi connectivity index (χ3n) is 11.4. The number of hydrogen-bond donors (Lipinski definition) is 0. The Morgan fingerprint density at radius 3 is 1.81 bits per heavy atom. The van der Waals surface area contributed by atoms with Gasteiger partial charge in [0.05, 0.1) is 0 Å². The SMILES string of the molecule is CC1(C)c2cc(-c3ccc(-c4ccccc4)cc3)ccc2-c2ccc(N(C3=CC=CCC3)c3ccc(-c4ccc5sc6ccccc6c5c4)cc3)cc21. The van der Waals surface area contributed by atoms with E-state index in [4.69, 9.17) is 0 Å². The maximum absolute atomic E-state index is 2.47. The number of hydrogen-bond acceptors (Lipinski definition) is 2. The van der Waals surface area contributed by atoms with Gasteiger partial charge in [0.1, 0.15) is 0 Å². The van der Waals surface area contributed by atoms with Crippen molar-refractivity contribution in [3.63, 3.8) is 0 Å². The van der Waals surface area contributed by atoms with Crippen LogP contribution < -0.4 is 4.90 Å². The van der Waals surface area contributed by atoms with E-state index >= 15 is 0 Å². The molecule has 1 nitrogen and oxygen atoms in total. The molecule has 0 bridgehead atoms. The summed E-state index contributed by atoms with van der Waals surface area (Å²) in [5.74, 6) is 0. The highest BCUT2D eigenvalue weighted by molar-refractivity contribution is 7.25. The third-order valence-corrected chi connectivity index (χ3v) is 12.5. The first-order chi connectivity index (χ1) is 26.0. The summed E-state index contributed by atoms with van der Waals surface area (Å²) in [6, 6.07) is 58.6. The van der Waals surface area contributed by atoms with E-state index in [0.717, 1.165) is 12.8 Å². The highest BCUT2D eigenvalue weighted by Crippen LogP contribution is 2.51. The largest absolute Gasteiger partial charge is 0.314 e. The molecule has 0 aliphatic heterocycles. The second-order valence-electron chi connectivity index (χ2n) is 14.9. The minimum atomic E-state index is -0.137. The van der Waals surface area contributed by atoms with Crippen LogP contribution in [0.15, 0.2) is 182 Å². The Morgan fingerprint density at radius 1 is 0.491 bits per heavy atom. The van der Waals surface area contributed by atoms with Gasteiger partial charge >= 0.3 is 0 Å². The average Bonchev–Trinajstić information content (AvgIpc) is 3.70. The summed E-state index contributed by atoms with van der Waals surface area (Å²) < 4.78 is 2.68. The Labute approximate surface area is 315 Å². The number of benzene rings is 7. The topological polar surface area (TPSA) is 3.24 Å². The molecule has 254 valence electrons. The lowest BCUT2D eigenvalue weighted by Gasteiger charge is -2.30. The van der Waals surface area contributed by atoms with Crippen LogP contribution in [0.5, 0.6) is 0 Å². The molecule has 0 saturated carbocycles. The number of rotatable bonds is 6. The molecule has 0 fully saturated rings. The Balaban J connectivity index is 0.989. The van der Waals surface area contributed by atoms with Gasteiger partial charge in [-0.05, 0) is 123 Å². The minimum absolute atomic E-state index is 0.137. The van der Waals surface area contributed by atoms with Gasteiger partial charge in [0.25, 0.3) is 0 Å². The van der Waals surface area contributed by atoms with Gasteiger partial charge in [-0.2, -0.15) is 0 Å². The molecule has 8 aromatic rings. The molecule has 0 radical (unpaired) electrons. The normalized spacial score (nSPS) is 14.3. The average molecular weight is 698 g/mol. The molecule has 0 unspecified atom stereocenters. The molecule has 1 heterocycles. The van der Waals surface area contributed by atoms with Crippen LogP contribution in [0.4, 0.5) is 11.4 Å². The summed E-state index contributed by atoms with van der Waals surface area (Å²) in [5.41, 5.74) is 16.5. The Bertz CT molecular complexity index is 2730. The summed E-state index contributed by atoms with van der Waals surface area (Å²) in [4.78, 5) is 2.47. The molecule has 2 aliphatic rings. The zero-order valence-corrected chi connectivity index (χ0v) is 30.8. The first-order valence-electron chi connectivity index (χ1n) is 18.6. The lowest BCUT2D eigenvalue weighted by atomic mass is 9.81. The van der Waals surface area contributed by atoms with Crippen LogP contribution in [0.1, 0.15) is 37.8 Å². The molecule has 1 aromatic heterocycles. The van der Waals surface area contributed by atoms with E-state index in [1.807, 2.05) is 11.3 Å². The van der Waals surface area contributed by atoms with Gasteiger partial charge < -0.3 is 4.90 Å². The molecule has 0 amide bonds. The van der Waals surface area contributed by atoms with Gasteiger partial charge in [-0.25, -0.2) is 0 Å². The predicted octanol–water partition coefficient (Wildman–Crippen LogP) is 14.7. The van der Waals surface area contributed by atoms with Crippen molar-refractivity contribution < 1.29 is 0 Å². The zero-order valence-electron chi connectivity index (χ0n) is 30.0. The number of thiophene rings is 1. The molecule has 0 N–H and O–H groups in total. The van der Waals surface area contributed by atoms with Crippen LogP contribution in [-0.2, 0) is 5.41 Å². The lowest BCUT2D eigenvalue weighted by molar-refractivity contribution is 0.660. The number of allylic oxidation sites excluding steroid dienone is 4. The molecule has 2 heteroatoms. The van der Waals surface area contributed by atoms with Gasteiger partial charge in [-0.3, -0.25) is 0 Å². The van der Waals surface area contributed by atoms with Gasteiger partial charge in [0.2, 0.25) is 0 Å².